The van der Waals surface area contributed by atoms with Crippen molar-refractivity contribution in [2.45, 2.75) is 0 Å². The highest BCUT2D eigenvalue weighted by molar-refractivity contribution is 6.02. The fourth-order valence-corrected chi connectivity index (χ4v) is 3.64. The van der Waals surface area contributed by atoms with Crippen LogP contribution in [0.3, 0.4) is 0 Å². The first-order chi connectivity index (χ1) is 14.2. The quantitative estimate of drug-likeness (QED) is 0.785. The van der Waals surface area contributed by atoms with E-state index in [9.17, 15) is 9.59 Å². The summed E-state index contributed by atoms with van der Waals surface area (Å²) in [5.41, 5.74) is 1.86. The molecule has 1 fully saturated rings. The molecule has 0 aliphatic carbocycles. The summed E-state index contributed by atoms with van der Waals surface area (Å²) in [5, 5.41) is 0. The molecule has 0 atom stereocenters. The lowest BCUT2D eigenvalue weighted by atomic mass is 10.2. The van der Waals surface area contributed by atoms with E-state index in [2.05, 4.69) is 29.2 Å². The standard InChI is InChI=1S/C23H25N3O3/c27-22(17-26-20-10-4-5-11-21(20)29-18-23(26)28)25-15-13-24(14-16-25)12-6-9-19-7-2-1-3-8-19/h1-11H,12-18H2/b9-6+. The predicted molar refractivity (Wildman–Crippen MR) is 113 cm³/mol. The third-order valence-electron chi connectivity index (χ3n) is 5.30. The number of amides is 2. The van der Waals surface area contributed by atoms with Crippen LogP contribution in [0.2, 0.25) is 0 Å². The highest BCUT2D eigenvalue weighted by Gasteiger charge is 2.29. The van der Waals surface area contributed by atoms with Gasteiger partial charge in [0.05, 0.1) is 5.69 Å². The number of benzene rings is 2. The number of rotatable bonds is 5. The molecule has 6 nitrogen and oxygen atoms in total. The van der Waals surface area contributed by atoms with Crippen molar-refractivity contribution in [3.63, 3.8) is 0 Å². The third kappa shape index (κ3) is 4.66. The first-order valence-corrected chi connectivity index (χ1v) is 9.94. The van der Waals surface area contributed by atoms with Crippen molar-refractivity contribution in [1.29, 1.82) is 0 Å². The molecule has 2 aliphatic rings. The van der Waals surface area contributed by atoms with E-state index in [0.717, 1.165) is 19.6 Å². The van der Waals surface area contributed by atoms with Crippen molar-refractivity contribution < 1.29 is 14.3 Å². The van der Waals surface area contributed by atoms with Gasteiger partial charge in [-0.3, -0.25) is 19.4 Å². The minimum atomic E-state index is -0.179. The van der Waals surface area contributed by atoms with Gasteiger partial charge in [0.15, 0.2) is 6.61 Å². The molecular weight excluding hydrogens is 366 g/mol. The Bertz CT molecular complexity index is 889. The number of fused-ring (bicyclic) bond motifs is 1. The van der Waals surface area contributed by atoms with Crippen molar-refractivity contribution >= 4 is 23.6 Å². The van der Waals surface area contributed by atoms with Gasteiger partial charge in [0.25, 0.3) is 5.91 Å². The molecule has 0 saturated carbocycles. The third-order valence-corrected chi connectivity index (χ3v) is 5.30. The molecule has 6 heteroatoms. The summed E-state index contributed by atoms with van der Waals surface area (Å²) in [4.78, 5) is 30.8. The summed E-state index contributed by atoms with van der Waals surface area (Å²) >= 11 is 0. The Morgan fingerprint density at radius 2 is 1.69 bits per heavy atom. The van der Waals surface area contributed by atoms with Gasteiger partial charge in [0.1, 0.15) is 12.3 Å². The molecule has 29 heavy (non-hydrogen) atoms. The summed E-state index contributed by atoms with van der Waals surface area (Å²) in [6, 6.07) is 17.6. The number of nitrogens with zero attached hydrogens (tertiary/aromatic N) is 3. The van der Waals surface area contributed by atoms with E-state index in [4.69, 9.17) is 4.74 Å². The molecule has 0 radical (unpaired) electrons. The molecule has 4 rings (SSSR count). The van der Waals surface area contributed by atoms with Crippen LogP contribution < -0.4 is 9.64 Å². The molecule has 2 heterocycles. The van der Waals surface area contributed by atoms with Gasteiger partial charge in [-0.25, -0.2) is 0 Å². The maximum absolute atomic E-state index is 12.8. The van der Waals surface area contributed by atoms with Crippen molar-refractivity contribution in [1.82, 2.24) is 9.80 Å². The lowest BCUT2D eigenvalue weighted by Gasteiger charge is -2.36. The first kappa shape index (κ1) is 19.2. The molecule has 0 unspecified atom stereocenters. The van der Waals surface area contributed by atoms with Gasteiger partial charge in [0.2, 0.25) is 5.91 Å². The fourth-order valence-electron chi connectivity index (χ4n) is 3.64. The summed E-state index contributed by atoms with van der Waals surface area (Å²) in [6.07, 6.45) is 4.29. The zero-order valence-corrected chi connectivity index (χ0v) is 16.4. The minimum absolute atomic E-state index is 0.0190. The van der Waals surface area contributed by atoms with E-state index in [1.165, 1.54) is 10.5 Å². The van der Waals surface area contributed by atoms with Gasteiger partial charge < -0.3 is 9.64 Å². The Labute approximate surface area is 171 Å². The van der Waals surface area contributed by atoms with E-state index >= 15 is 0 Å². The van der Waals surface area contributed by atoms with Crippen LogP contribution in [0.1, 0.15) is 5.56 Å². The van der Waals surface area contributed by atoms with Crippen molar-refractivity contribution in [2.24, 2.45) is 0 Å². The van der Waals surface area contributed by atoms with Gasteiger partial charge in [0, 0.05) is 32.7 Å². The molecule has 2 aliphatic heterocycles. The van der Waals surface area contributed by atoms with Crippen LogP contribution in [0.4, 0.5) is 5.69 Å². The van der Waals surface area contributed by atoms with Crippen molar-refractivity contribution in [3.8, 4) is 5.75 Å². The lowest BCUT2D eigenvalue weighted by Crippen LogP contribution is -2.52. The van der Waals surface area contributed by atoms with Crippen molar-refractivity contribution in [3.05, 3.63) is 66.2 Å². The summed E-state index contributed by atoms with van der Waals surface area (Å²) < 4.78 is 5.45. The molecule has 150 valence electrons. The maximum atomic E-state index is 12.8. The number of carbonyl (C=O) groups excluding carboxylic acids is 2. The van der Waals surface area contributed by atoms with E-state index < -0.39 is 0 Å². The van der Waals surface area contributed by atoms with Gasteiger partial charge in [-0.1, -0.05) is 54.6 Å². The molecule has 0 spiro atoms. The van der Waals surface area contributed by atoms with Crippen LogP contribution in [0.25, 0.3) is 6.08 Å². The number of piperazine rings is 1. The van der Waals surface area contributed by atoms with Crippen LogP contribution in [0.15, 0.2) is 60.7 Å². The fraction of sp³-hybridized carbons (Fsp3) is 0.304. The van der Waals surface area contributed by atoms with Gasteiger partial charge in [-0.15, -0.1) is 0 Å². The summed E-state index contributed by atoms with van der Waals surface area (Å²) in [7, 11) is 0. The maximum Gasteiger partial charge on any atom is 0.265 e. The Morgan fingerprint density at radius 3 is 2.48 bits per heavy atom. The number of carbonyl (C=O) groups is 2. The van der Waals surface area contributed by atoms with Gasteiger partial charge in [-0.05, 0) is 17.7 Å². The molecular formula is C23H25N3O3. The van der Waals surface area contributed by atoms with Crippen LogP contribution in [-0.2, 0) is 9.59 Å². The Balaban J connectivity index is 1.28. The van der Waals surface area contributed by atoms with Crippen LogP contribution in [0.5, 0.6) is 5.75 Å². The average Bonchev–Trinajstić information content (AvgIpc) is 2.77. The zero-order chi connectivity index (χ0) is 20.1. The SMILES string of the molecule is O=C(CN1C(=O)COc2ccccc21)N1CCN(C/C=C/c2ccccc2)CC1. The second-order valence-corrected chi connectivity index (χ2v) is 7.23. The predicted octanol–water partition coefficient (Wildman–Crippen LogP) is 2.27. The molecule has 0 aromatic heterocycles. The highest BCUT2D eigenvalue weighted by Crippen LogP contribution is 2.31. The first-order valence-electron chi connectivity index (χ1n) is 9.94. The van der Waals surface area contributed by atoms with Crippen molar-refractivity contribution in [2.75, 3.05) is 50.8 Å². The van der Waals surface area contributed by atoms with E-state index in [1.807, 2.05) is 47.4 Å². The number of ether oxygens (including phenoxy) is 1. The normalized spacial score (nSPS) is 17.3. The number of hydrogen-bond acceptors (Lipinski definition) is 4. The van der Waals surface area contributed by atoms with E-state index in [-0.39, 0.29) is 25.0 Å². The van der Waals surface area contributed by atoms with Gasteiger partial charge in [-0.2, -0.15) is 0 Å². The largest absolute Gasteiger partial charge is 0.482 e. The second-order valence-electron chi connectivity index (χ2n) is 7.23. The summed E-state index contributed by atoms with van der Waals surface area (Å²) in [6.45, 7) is 3.93. The Hall–Kier alpha value is -3.12. The Kier molecular flexibility index (Phi) is 5.91. The Morgan fingerprint density at radius 1 is 0.966 bits per heavy atom. The van der Waals surface area contributed by atoms with Crippen LogP contribution in [-0.4, -0.2) is 67.5 Å². The van der Waals surface area contributed by atoms with Crippen LogP contribution in [0, 0.1) is 0 Å². The van der Waals surface area contributed by atoms with E-state index in [0.29, 0.717) is 24.5 Å². The molecule has 1 saturated heterocycles. The van der Waals surface area contributed by atoms with Crippen LogP contribution >= 0.6 is 0 Å². The average molecular weight is 391 g/mol. The van der Waals surface area contributed by atoms with E-state index in [1.54, 1.807) is 0 Å². The molecule has 2 aromatic rings. The number of anilines is 1. The van der Waals surface area contributed by atoms with Gasteiger partial charge >= 0.3 is 0 Å². The monoisotopic (exact) mass is 391 g/mol. The second kappa shape index (κ2) is 8.92. The number of hydrogen-bond donors (Lipinski definition) is 0. The molecule has 2 aromatic carbocycles. The topological polar surface area (TPSA) is 53.1 Å². The smallest absolute Gasteiger partial charge is 0.265 e. The highest BCUT2D eigenvalue weighted by atomic mass is 16.5. The summed E-state index contributed by atoms with van der Waals surface area (Å²) in [5.74, 6) is 0.450. The lowest BCUT2D eigenvalue weighted by molar-refractivity contribution is -0.133. The zero-order valence-electron chi connectivity index (χ0n) is 16.4. The molecule has 0 N–H and O–H groups in total. The number of para-hydroxylation sites is 2. The molecule has 2 amide bonds. The minimum Gasteiger partial charge on any atom is -0.482 e. The molecule has 0 bridgehead atoms.